The Morgan fingerprint density at radius 2 is 2.08 bits per heavy atom. The molecule has 0 unspecified atom stereocenters. The number of aryl methyl sites for hydroxylation is 1. The second-order valence-electron chi connectivity index (χ2n) is 6.32. The average molecular weight is 348 g/mol. The fourth-order valence-corrected chi connectivity index (χ4v) is 3.23. The minimum atomic E-state index is -0.223. The first kappa shape index (κ1) is 16.3. The number of carbonyl (C=O) groups is 1. The standard InChI is InChI=1S/C20H20N4O2/c25-19(12-24-14-21-13-22-24)23-20(15-5-2-1-3-6-15)17-8-9-18-16(11-17)7-4-10-26-18/h1-3,5-6,8-9,11,13-14,20H,4,7,10,12H2,(H,23,25)/t20-/m1/s1. The number of hydrogen-bond acceptors (Lipinski definition) is 4. The van der Waals surface area contributed by atoms with Crippen LogP contribution >= 0.6 is 0 Å². The van der Waals surface area contributed by atoms with Crippen LogP contribution in [0.1, 0.15) is 29.2 Å². The van der Waals surface area contributed by atoms with Crippen molar-refractivity contribution < 1.29 is 9.53 Å². The van der Waals surface area contributed by atoms with Gasteiger partial charge in [-0.2, -0.15) is 5.10 Å². The summed E-state index contributed by atoms with van der Waals surface area (Å²) in [7, 11) is 0. The Balaban J connectivity index is 1.62. The van der Waals surface area contributed by atoms with Crippen LogP contribution in [0.5, 0.6) is 5.75 Å². The number of hydrogen-bond donors (Lipinski definition) is 1. The highest BCUT2D eigenvalue weighted by Gasteiger charge is 2.20. The minimum absolute atomic E-state index is 0.113. The van der Waals surface area contributed by atoms with Crippen LogP contribution in [0.4, 0.5) is 0 Å². The molecule has 2 aromatic carbocycles. The van der Waals surface area contributed by atoms with Gasteiger partial charge in [-0.25, -0.2) is 9.67 Å². The molecule has 3 aromatic rings. The molecule has 0 bridgehead atoms. The molecule has 0 fully saturated rings. The van der Waals surface area contributed by atoms with Gasteiger partial charge in [-0.3, -0.25) is 4.79 Å². The maximum Gasteiger partial charge on any atom is 0.242 e. The van der Waals surface area contributed by atoms with E-state index >= 15 is 0 Å². The van der Waals surface area contributed by atoms with E-state index in [0.717, 1.165) is 36.3 Å². The molecule has 0 aliphatic carbocycles. The lowest BCUT2D eigenvalue weighted by Crippen LogP contribution is -2.32. The van der Waals surface area contributed by atoms with Crippen LogP contribution in [0, 0.1) is 0 Å². The van der Waals surface area contributed by atoms with Crippen LogP contribution < -0.4 is 10.1 Å². The zero-order valence-corrected chi connectivity index (χ0v) is 14.3. The summed E-state index contributed by atoms with van der Waals surface area (Å²) in [6.07, 6.45) is 4.97. The van der Waals surface area contributed by atoms with E-state index < -0.39 is 0 Å². The summed E-state index contributed by atoms with van der Waals surface area (Å²) in [6, 6.07) is 15.9. The summed E-state index contributed by atoms with van der Waals surface area (Å²) in [4.78, 5) is 16.4. The molecule has 0 saturated heterocycles. The van der Waals surface area contributed by atoms with Crippen molar-refractivity contribution in [3.8, 4) is 5.75 Å². The predicted octanol–water partition coefficient (Wildman–Crippen LogP) is 2.51. The zero-order valence-electron chi connectivity index (χ0n) is 14.3. The summed E-state index contributed by atoms with van der Waals surface area (Å²) < 4.78 is 7.22. The van der Waals surface area contributed by atoms with E-state index in [0.29, 0.717) is 0 Å². The third-order valence-electron chi connectivity index (χ3n) is 4.48. The van der Waals surface area contributed by atoms with Gasteiger partial charge in [-0.1, -0.05) is 36.4 Å². The highest BCUT2D eigenvalue weighted by molar-refractivity contribution is 5.76. The number of aromatic nitrogens is 3. The third-order valence-corrected chi connectivity index (χ3v) is 4.48. The molecule has 0 spiro atoms. The molecule has 1 aliphatic rings. The molecule has 132 valence electrons. The zero-order chi connectivity index (χ0) is 17.8. The van der Waals surface area contributed by atoms with E-state index in [1.807, 2.05) is 42.5 Å². The van der Waals surface area contributed by atoms with E-state index in [9.17, 15) is 4.79 Å². The second kappa shape index (κ2) is 7.39. The maximum absolute atomic E-state index is 12.5. The second-order valence-corrected chi connectivity index (χ2v) is 6.32. The van der Waals surface area contributed by atoms with Crippen LogP contribution in [0.25, 0.3) is 0 Å². The summed E-state index contributed by atoms with van der Waals surface area (Å²) in [5.74, 6) is 0.832. The Morgan fingerprint density at radius 3 is 2.88 bits per heavy atom. The number of benzene rings is 2. The van der Waals surface area contributed by atoms with Crippen LogP contribution in [0.2, 0.25) is 0 Å². The Bertz CT molecular complexity index is 878. The fraction of sp³-hybridized carbons (Fsp3) is 0.250. The lowest BCUT2D eigenvalue weighted by molar-refractivity contribution is -0.122. The molecule has 0 radical (unpaired) electrons. The molecule has 1 atom stereocenters. The van der Waals surface area contributed by atoms with Crippen molar-refractivity contribution in [2.24, 2.45) is 0 Å². The quantitative estimate of drug-likeness (QED) is 0.769. The van der Waals surface area contributed by atoms with Gasteiger partial charge in [0.2, 0.25) is 5.91 Å². The molecule has 1 aliphatic heterocycles. The van der Waals surface area contributed by atoms with Crippen LogP contribution in [0.15, 0.2) is 61.2 Å². The molecule has 26 heavy (non-hydrogen) atoms. The van der Waals surface area contributed by atoms with E-state index in [1.54, 1.807) is 0 Å². The number of amides is 1. The molecule has 2 heterocycles. The lowest BCUT2D eigenvalue weighted by atomic mass is 9.95. The molecule has 1 N–H and O–H groups in total. The Hall–Kier alpha value is -3.15. The smallest absolute Gasteiger partial charge is 0.242 e. The number of carbonyl (C=O) groups excluding carboxylic acids is 1. The van der Waals surface area contributed by atoms with Gasteiger partial charge in [0.05, 0.1) is 12.6 Å². The fourth-order valence-electron chi connectivity index (χ4n) is 3.23. The normalized spacial score (nSPS) is 14.2. The topological polar surface area (TPSA) is 69.0 Å². The summed E-state index contributed by atoms with van der Waals surface area (Å²) in [6.45, 7) is 0.903. The van der Waals surface area contributed by atoms with Crippen molar-refractivity contribution in [3.05, 3.63) is 77.9 Å². The highest BCUT2D eigenvalue weighted by atomic mass is 16.5. The largest absolute Gasteiger partial charge is 0.493 e. The molecule has 1 amide bonds. The van der Waals surface area contributed by atoms with Crippen molar-refractivity contribution in [2.45, 2.75) is 25.4 Å². The molecule has 0 saturated carbocycles. The van der Waals surface area contributed by atoms with Crippen molar-refractivity contribution in [1.82, 2.24) is 20.1 Å². The van der Waals surface area contributed by atoms with E-state index in [1.165, 1.54) is 22.9 Å². The first-order valence-electron chi connectivity index (χ1n) is 8.72. The number of nitrogens with one attached hydrogen (secondary N) is 1. The Labute approximate surface area is 151 Å². The van der Waals surface area contributed by atoms with Gasteiger partial charge in [-0.15, -0.1) is 0 Å². The lowest BCUT2D eigenvalue weighted by Gasteiger charge is -2.23. The van der Waals surface area contributed by atoms with Crippen molar-refractivity contribution in [3.63, 3.8) is 0 Å². The molecular weight excluding hydrogens is 328 g/mol. The van der Waals surface area contributed by atoms with E-state index in [-0.39, 0.29) is 18.5 Å². The molecule has 1 aromatic heterocycles. The van der Waals surface area contributed by atoms with Crippen LogP contribution in [-0.4, -0.2) is 27.3 Å². The monoisotopic (exact) mass is 348 g/mol. The predicted molar refractivity (Wildman–Crippen MR) is 96.7 cm³/mol. The van der Waals surface area contributed by atoms with Gasteiger partial charge in [-0.05, 0) is 41.7 Å². The van der Waals surface area contributed by atoms with E-state index in [4.69, 9.17) is 4.74 Å². The van der Waals surface area contributed by atoms with Gasteiger partial charge in [0.1, 0.15) is 24.9 Å². The summed E-state index contributed by atoms with van der Waals surface area (Å²) >= 11 is 0. The van der Waals surface area contributed by atoms with Crippen LogP contribution in [-0.2, 0) is 17.8 Å². The molecule has 6 heteroatoms. The van der Waals surface area contributed by atoms with Crippen molar-refractivity contribution in [1.29, 1.82) is 0 Å². The Morgan fingerprint density at radius 1 is 1.19 bits per heavy atom. The number of ether oxygens (including phenoxy) is 1. The third kappa shape index (κ3) is 3.59. The van der Waals surface area contributed by atoms with E-state index in [2.05, 4.69) is 21.5 Å². The van der Waals surface area contributed by atoms with Crippen molar-refractivity contribution >= 4 is 5.91 Å². The molecular formula is C20H20N4O2. The SMILES string of the molecule is O=C(Cn1cncn1)N[C@H](c1ccccc1)c1ccc2c(c1)CCCO2. The first-order chi connectivity index (χ1) is 12.8. The molecule has 6 nitrogen and oxygen atoms in total. The van der Waals surface area contributed by atoms with Crippen LogP contribution in [0.3, 0.4) is 0 Å². The number of fused-ring (bicyclic) bond motifs is 1. The highest BCUT2D eigenvalue weighted by Crippen LogP contribution is 2.30. The summed E-state index contributed by atoms with van der Waals surface area (Å²) in [5, 5.41) is 7.12. The van der Waals surface area contributed by atoms with Gasteiger partial charge >= 0.3 is 0 Å². The van der Waals surface area contributed by atoms with Gasteiger partial charge in [0.25, 0.3) is 0 Å². The Kier molecular flexibility index (Phi) is 4.64. The van der Waals surface area contributed by atoms with Gasteiger partial charge < -0.3 is 10.1 Å². The first-order valence-corrected chi connectivity index (χ1v) is 8.72. The minimum Gasteiger partial charge on any atom is -0.493 e. The maximum atomic E-state index is 12.5. The summed E-state index contributed by atoms with van der Waals surface area (Å²) in [5.41, 5.74) is 3.28. The number of nitrogens with zero attached hydrogens (tertiary/aromatic N) is 3. The average Bonchev–Trinajstić information content (AvgIpc) is 3.19. The molecule has 4 rings (SSSR count). The van der Waals surface area contributed by atoms with Gasteiger partial charge in [0.15, 0.2) is 0 Å². The van der Waals surface area contributed by atoms with Gasteiger partial charge in [0, 0.05) is 0 Å². The number of rotatable bonds is 5. The van der Waals surface area contributed by atoms with Crippen molar-refractivity contribution in [2.75, 3.05) is 6.61 Å².